The van der Waals surface area contributed by atoms with Gasteiger partial charge in [0.1, 0.15) is 5.75 Å². The number of aromatic nitrogens is 2. The van der Waals surface area contributed by atoms with Gasteiger partial charge in [-0.2, -0.15) is 4.98 Å². The minimum atomic E-state index is -1.18. The molecule has 7 heteroatoms. The summed E-state index contributed by atoms with van der Waals surface area (Å²) in [5.41, 5.74) is 1.87. The average molecular weight is 309 g/mol. The van der Waals surface area contributed by atoms with Crippen molar-refractivity contribution in [3.63, 3.8) is 0 Å². The van der Waals surface area contributed by atoms with E-state index in [0.29, 0.717) is 24.1 Å². The number of nitrogens with zero attached hydrogens (tertiary/aromatic N) is 2. The van der Waals surface area contributed by atoms with Crippen LogP contribution in [0.15, 0.2) is 41.8 Å². The van der Waals surface area contributed by atoms with Crippen molar-refractivity contribution in [3.8, 4) is 0 Å². The molecule has 0 aliphatic carbocycles. The summed E-state index contributed by atoms with van der Waals surface area (Å²) in [5, 5.41) is 2.23. The third kappa shape index (κ3) is 4.47. The maximum Gasteiger partial charge on any atom is 0.320 e. The van der Waals surface area contributed by atoms with Crippen LogP contribution >= 0.6 is 0 Å². The molecule has 0 aliphatic rings. The van der Waals surface area contributed by atoms with Crippen molar-refractivity contribution in [2.24, 2.45) is 0 Å². The van der Waals surface area contributed by atoms with E-state index in [-0.39, 0.29) is 0 Å². The highest BCUT2D eigenvalue weighted by Crippen LogP contribution is 2.19. The second-order valence-corrected chi connectivity index (χ2v) is 5.70. The highest BCUT2D eigenvalue weighted by atomic mass is 32.2. The van der Waals surface area contributed by atoms with E-state index in [9.17, 15) is 4.55 Å². The predicted octanol–water partition coefficient (Wildman–Crippen LogP) is 1.73. The lowest BCUT2D eigenvalue weighted by atomic mass is 10.2. The summed E-state index contributed by atoms with van der Waals surface area (Å²) in [6.07, 6.45) is 3.27. The van der Waals surface area contributed by atoms with Gasteiger partial charge in [0.15, 0.2) is 0 Å². The van der Waals surface area contributed by atoms with Crippen LogP contribution in [0.3, 0.4) is 0 Å². The summed E-state index contributed by atoms with van der Waals surface area (Å²) in [6, 6.07) is 7.76. The maximum atomic E-state index is 12.2. The molecule has 2 rings (SSSR count). The first-order valence-corrected chi connectivity index (χ1v) is 7.83. The number of H-pyrrole nitrogens is 1. The van der Waals surface area contributed by atoms with E-state index in [1.54, 1.807) is 31.7 Å². The van der Waals surface area contributed by atoms with Crippen LogP contribution in [-0.2, 0) is 26.5 Å². The number of hydrogen-bond donors (Lipinski definition) is 1. The molecule has 0 bridgehead atoms. The minimum Gasteiger partial charge on any atom is -0.609 e. The largest absolute Gasteiger partial charge is 0.609 e. The molecule has 0 amide bonds. The maximum absolute atomic E-state index is 12.2. The fourth-order valence-corrected chi connectivity index (χ4v) is 2.89. The van der Waals surface area contributed by atoms with Crippen LogP contribution in [-0.4, -0.2) is 41.9 Å². The molecule has 0 fully saturated rings. The Bertz CT molecular complexity index is 536. The zero-order valence-electron chi connectivity index (χ0n) is 12.1. The van der Waals surface area contributed by atoms with E-state index in [1.165, 1.54) is 0 Å². The van der Waals surface area contributed by atoms with E-state index in [1.807, 2.05) is 24.3 Å². The molecular formula is C14H19N3O3S. The number of imidazole rings is 1. The highest BCUT2D eigenvalue weighted by molar-refractivity contribution is 7.90. The molecule has 1 atom stereocenters. The third-order valence-electron chi connectivity index (χ3n) is 2.90. The summed E-state index contributed by atoms with van der Waals surface area (Å²) >= 11 is -1.18. The lowest BCUT2D eigenvalue weighted by Gasteiger charge is -2.22. The molecule has 0 aliphatic heterocycles. The van der Waals surface area contributed by atoms with Crippen LogP contribution in [0, 0.1) is 0 Å². The minimum absolute atomic E-state index is 0.406. The van der Waals surface area contributed by atoms with Crippen LogP contribution in [0.25, 0.3) is 0 Å². The van der Waals surface area contributed by atoms with Crippen molar-refractivity contribution in [1.29, 1.82) is 0 Å². The van der Waals surface area contributed by atoms with Crippen LogP contribution in [0.1, 0.15) is 5.56 Å². The van der Waals surface area contributed by atoms with Gasteiger partial charge in [0.25, 0.3) is 0 Å². The highest BCUT2D eigenvalue weighted by Gasteiger charge is 2.15. The van der Waals surface area contributed by atoms with E-state index in [2.05, 4.69) is 9.97 Å². The third-order valence-corrected chi connectivity index (χ3v) is 4.15. The van der Waals surface area contributed by atoms with Gasteiger partial charge in [-0.05, 0) is 12.1 Å². The van der Waals surface area contributed by atoms with E-state index in [0.717, 1.165) is 11.3 Å². The SMILES string of the molecule is COCCN(OC)c1cccc(C[S+]([O-])c2ncc[nH]2)c1. The molecular weight excluding hydrogens is 290 g/mol. The number of hydroxylamine groups is 1. The van der Waals surface area contributed by atoms with Crippen molar-refractivity contribution in [1.82, 2.24) is 9.97 Å². The zero-order valence-corrected chi connectivity index (χ0v) is 12.9. The molecule has 21 heavy (non-hydrogen) atoms. The first-order chi connectivity index (χ1) is 10.2. The Morgan fingerprint density at radius 3 is 2.90 bits per heavy atom. The van der Waals surface area contributed by atoms with Gasteiger partial charge in [0.2, 0.25) is 0 Å². The second-order valence-electron chi connectivity index (χ2n) is 4.33. The fraction of sp³-hybridized carbons (Fsp3) is 0.357. The van der Waals surface area contributed by atoms with Gasteiger partial charge in [-0.3, -0.25) is 9.90 Å². The van der Waals surface area contributed by atoms with Gasteiger partial charge in [-0.1, -0.05) is 12.1 Å². The number of ether oxygens (including phenoxy) is 1. The normalized spacial score (nSPS) is 12.3. The standard InChI is InChI=1S/C14H19N3O3S/c1-19-9-8-17(20-2)13-5-3-4-12(10-13)11-21(18)14-15-6-7-16-14/h3-7,10H,8-9,11H2,1-2H3,(H,15,16). The molecule has 2 aromatic rings. The Labute approximate surface area is 127 Å². The lowest BCUT2D eigenvalue weighted by Crippen LogP contribution is -2.26. The van der Waals surface area contributed by atoms with Gasteiger partial charge in [0, 0.05) is 36.2 Å². The van der Waals surface area contributed by atoms with Gasteiger partial charge in [0.05, 0.1) is 25.9 Å². The second kappa shape index (κ2) is 8.04. The molecule has 0 spiro atoms. The fourth-order valence-electron chi connectivity index (χ4n) is 1.90. The van der Waals surface area contributed by atoms with Gasteiger partial charge in [-0.25, -0.2) is 0 Å². The average Bonchev–Trinajstić information content (AvgIpc) is 3.03. The Balaban J connectivity index is 2.06. The van der Waals surface area contributed by atoms with Crippen LogP contribution in [0.4, 0.5) is 5.69 Å². The summed E-state index contributed by atoms with van der Waals surface area (Å²) in [7, 11) is 3.26. The van der Waals surface area contributed by atoms with Crippen molar-refractivity contribution in [3.05, 3.63) is 42.2 Å². The number of aromatic amines is 1. The number of anilines is 1. The van der Waals surface area contributed by atoms with Crippen molar-refractivity contribution in [2.45, 2.75) is 10.9 Å². The van der Waals surface area contributed by atoms with Crippen molar-refractivity contribution >= 4 is 16.9 Å². The molecule has 0 saturated heterocycles. The van der Waals surface area contributed by atoms with Gasteiger partial charge in [-0.15, -0.1) is 0 Å². The van der Waals surface area contributed by atoms with E-state index in [4.69, 9.17) is 9.57 Å². The first kappa shape index (κ1) is 15.8. The summed E-state index contributed by atoms with van der Waals surface area (Å²) < 4.78 is 17.2. The smallest absolute Gasteiger partial charge is 0.320 e. The summed E-state index contributed by atoms with van der Waals surface area (Å²) in [6.45, 7) is 1.19. The number of methoxy groups -OCH3 is 1. The molecule has 1 unspecified atom stereocenters. The lowest BCUT2D eigenvalue weighted by molar-refractivity contribution is 0.129. The summed E-state index contributed by atoms with van der Waals surface area (Å²) in [4.78, 5) is 12.2. The molecule has 0 saturated carbocycles. The van der Waals surface area contributed by atoms with Crippen LogP contribution in [0.2, 0.25) is 0 Å². The van der Waals surface area contributed by atoms with E-state index >= 15 is 0 Å². The van der Waals surface area contributed by atoms with Crippen LogP contribution < -0.4 is 5.06 Å². The number of rotatable bonds is 8. The number of hydrogen-bond acceptors (Lipinski definition) is 5. The monoisotopic (exact) mass is 309 g/mol. The molecule has 1 heterocycles. The number of nitrogens with one attached hydrogen (secondary N) is 1. The first-order valence-electron chi connectivity index (χ1n) is 6.52. The molecule has 1 N–H and O–H groups in total. The van der Waals surface area contributed by atoms with Gasteiger partial charge < -0.3 is 14.3 Å². The Morgan fingerprint density at radius 2 is 2.24 bits per heavy atom. The van der Waals surface area contributed by atoms with E-state index < -0.39 is 11.2 Å². The van der Waals surface area contributed by atoms with Crippen molar-refractivity contribution in [2.75, 3.05) is 32.4 Å². The number of benzene rings is 1. The Hall–Kier alpha value is -1.54. The molecule has 114 valence electrons. The van der Waals surface area contributed by atoms with Crippen molar-refractivity contribution < 1.29 is 14.1 Å². The topological polar surface area (TPSA) is 73.4 Å². The molecule has 6 nitrogen and oxygen atoms in total. The quantitative estimate of drug-likeness (QED) is 0.594. The predicted molar refractivity (Wildman–Crippen MR) is 81.4 cm³/mol. The Kier molecular flexibility index (Phi) is 6.06. The molecule has 1 aromatic carbocycles. The summed E-state index contributed by atoms with van der Waals surface area (Å²) in [5.74, 6) is 0.406. The molecule has 0 radical (unpaired) electrons. The Morgan fingerprint density at radius 1 is 1.38 bits per heavy atom. The van der Waals surface area contributed by atoms with Gasteiger partial charge >= 0.3 is 5.16 Å². The molecule has 1 aromatic heterocycles. The zero-order chi connectivity index (χ0) is 15.1. The van der Waals surface area contributed by atoms with Crippen LogP contribution in [0.5, 0.6) is 0 Å².